The first-order valence-electron chi connectivity index (χ1n) is 7.12. The molecule has 0 amide bonds. The van der Waals surface area contributed by atoms with Crippen LogP contribution in [0.4, 0.5) is 0 Å². The van der Waals surface area contributed by atoms with E-state index in [1.807, 2.05) is 55.5 Å². The van der Waals surface area contributed by atoms with Crippen LogP contribution in [0.5, 0.6) is 5.75 Å². The second-order valence-electron chi connectivity index (χ2n) is 5.61. The monoisotopic (exact) mass is 348 g/mol. The number of benzene rings is 2. The van der Waals surface area contributed by atoms with Crippen molar-refractivity contribution in [2.24, 2.45) is 0 Å². The molecule has 0 bridgehead atoms. The summed E-state index contributed by atoms with van der Waals surface area (Å²) in [4.78, 5) is 0. The molecule has 21 heavy (non-hydrogen) atoms. The van der Waals surface area contributed by atoms with Gasteiger partial charge in [0.1, 0.15) is 5.75 Å². The summed E-state index contributed by atoms with van der Waals surface area (Å²) in [5.41, 5.74) is 1.62. The summed E-state index contributed by atoms with van der Waals surface area (Å²) in [6, 6.07) is 15.8. The zero-order valence-corrected chi connectivity index (χ0v) is 14.2. The van der Waals surface area contributed by atoms with Crippen molar-refractivity contribution in [3.8, 4) is 5.75 Å². The smallest absolute Gasteiger partial charge is 0.133 e. The van der Waals surface area contributed by atoms with Gasteiger partial charge < -0.3 is 9.84 Å². The lowest BCUT2D eigenvalue weighted by molar-refractivity contribution is 0.100. The molecule has 0 aliphatic heterocycles. The summed E-state index contributed by atoms with van der Waals surface area (Å²) in [6.45, 7) is 6.68. The maximum atomic E-state index is 10.8. The van der Waals surface area contributed by atoms with Crippen LogP contribution in [0.2, 0.25) is 0 Å². The summed E-state index contributed by atoms with van der Waals surface area (Å²) in [5, 5.41) is 10.8. The Bertz CT molecular complexity index is 593. The fraction of sp³-hybridized carbons (Fsp3) is 0.333. The van der Waals surface area contributed by atoms with Crippen LogP contribution < -0.4 is 4.74 Å². The number of rotatable bonds is 5. The first-order chi connectivity index (χ1) is 9.96. The van der Waals surface area contributed by atoms with Crippen LogP contribution in [0.25, 0.3) is 0 Å². The zero-order chi connectivity index (χ0) is 15.5. The van der Waals surface area contributed by atoms with Crippen LogP contribution in [0, 0.1) is 0 Å². The number of aliphatic hydroxyl groups is 1. The first kappa shape index (κ1) is 16.1. The molecule has 2 rings (SSSR count). The van der Waals surface area contributed by atoms with E-state index in [2.05, 4.69) is 29.8 Å². The predicted molar refractivity (Wildman–Crippen MR) is 89.7 cm³/mol. The highest BCUT2D eigenvalue weighted by Gasteiger charge is 2.31. The Morgan fingerprint density at radius 3 is 2.38 bits per heavy atom. The van der Waals surface area contributed by atoms with Gasteiger partial charge >= 0.3 is 0 Å². The SMILES string of the molecule is CCOc1ccc(C(O)C(C)(C)c2ccccc2)cc1Br. The molecule has 3 heteroatoms. The lowest BCUT2D eigenvalue weighted by atomic mass is 9.77. The van der Waals surface area contributed by atoms with Crippen LogP contribution in [0.15, 0.2) is 53.0 Å². The molecule has 0 heterocycles. The van der Waals surface area contributed by atoms with Gasteiger partial charge in [-0.2, -0.15) is 0 Å². The fourth-order valence-electron chi connectivity index (χ4n) is 2.40. The number of halogens is 1. The van der Waals surface area contributed by atoms with E-state index in [0.29, 0.717) is 6.61 Å². The first-order valence-corrected chi connectivity index (χ1v) is 7.92. The molecule has 112 valence electrons. The van der Waals surface area contributed by atoms with Gasteiger partial charge in [0.05, 0.1) is 17.2 Å². The Morgan fingerprint density at radius 2 is 1.81 bits per heavy atom. The molecule has 0 aromatic heterocycles. The Labute approximate surface area is 134 Å². The van der Waals surface area contributed by atoms with Gasteiger partial charge in [0.15, 0.2) is 0 Å². The van der Waals surface area contributed by atoms with Gasteiger partial charge in [0.25, 0.3) is 0 Å². The van der Waals surface area contributed by atoms with E-state index in [1.165, 1.54) is 0 Å². The second kappa shape index (κ2) is 6.63. The van der Waals surface area contributed by atoms with Gasteiger partial charge in [-0.05, 0) is 46.1 Å². The third-order valence-corrected chi connectivity index (χ3v) is 4.39. The Kier molecular flexibility index (Phi) is 5.07. The summed E-state index contributed by atoms with van der Waals surface area (Å²) >= 11 is 3.50. The van der Waals surface area contributed by atoms with E-state index in [9.17, 15) is 5.11 Å². The molecule has 1 N–H and O–H groups in total. The normalized spacial score (nSPS) is 13.0. The average molecular weight is 349 g/mol. The van der Waals surface area contributed by atoms with E-state index in [4.69, 9.17) is 4.74 Å². The average Bonchev–Trinajstić information content (AvgIpc) is 2.49. The van der Waals surface area contributed by atoms with Crippen molar-refractivity contribution >= 4 is 15.9 Å². The second-order valence-corrected chi connectivity index (χ2v) is 6.47. The summed E-state index contributed by atoms with van der Waals surface area (Å²) in [6.07, 6.45) is -0.591. The summed E-state index contributed by atoms with van der Waals surface area (Å²) in [7, 11) is 0. The van der Waals surface area contributed by atoms with E-state index in [0.717, 1.165) is 21.3 Å². The Hall–Kier alpha value is -1.32. The molecule has 0 fully saturated rings. The van der Waals surface area contributed by atoms with Gasteiger partial charge in [0.2, 0.25) is 0 Å². The number of hydrogen-bond donors (Lipinski definition) is 1. The lowest BCUT2D eigenvalue weighted by Crippen LogP contribution is -2.26. The third kappa shape index (κ3) is 3.47. The number of hydrogen-bond acceptors (Lipinski definition) is 2. The van der Waals surface area contributed by atoms with Gasteiger partial charge in [-0.1, -0.05) is 50.2 Å². The molecule has 2 nitrogen and oxygen atoms in total. The quantitative estimate of drug-likeness (QED) is 0.835. The van der Waals surface area contributed by atoms with Crippen LogP contribution >= 0.6 is 15.9 Å². The molecular formula is C18H21BrO2. The van der Waals surface area contributed by atoms with E-state index in [1.54, 1.807) is 0 Å². The van der Waals surface area contributed by atoms with Crippen molar-refractivity contribution in [1.82, 2.24) is 0 Å². The number of aliphatic hydroxyl groups excluding tert-OH is 1. The van der Waals surface area contributed by atoms with Crippen molar-refractivity contribution < 1.29 is 9.84 Å². The van der Waals surface area contributed by atoms with E-state index < -0.39 is 6.10 Å². The molecule has 0 saturated heterocycles. The van der Waals surface area contributed by atoms with Crippen molar-refractivity contribution in [1.29, 1.82) is 0 Å². The third-order valence-electron chi connectivity index (χ3n) is 3.77. The number of ether oxygens (including phenoxy) is 1. The minimum absolute atomic E-state index is 0.367. The molecule has 0 saturated carbocycles. The lowest BCUT2D eigenvalue weighted by Gasteiger charge is -2.31. The Balaban J connectivity index is 2.31. The predicted octanol–water partition coefficient (Wildman–Crippen LogP) is 4.86. The molecule has 0 aliphatic carbocycles. The highest BCUT2D eigenvalue weighted by atomic mass is 79.9. The van der Waals surface area contributed by atoms with Gasteiger partial charge in [0, 0.05) is 5.41 Å². The highest BCUT2D eigenvalue weighted by Crippen LogP contribution is 2.38. The van der Waals surface area contributed by atoms with Gasteiger partial charge in [-0.3, -0.25) is 0 Å². The molecule has 1 atom stereocenters. The molecule has 0 radical (unpaired) electrons. The minimum Gasteiger partial charge on any atom is -0.493 e. The van der Waals surface area contributed by atoms with Crippen LogP contribution in [0.3, 0.4) is 0 Å². The molecular weight excluding hydrogens is 328 g/mol. The molecule has 2 aromatic rings. The minimum atomic E-state index is -0.591. The summed E-state index contributed by atoms with van der Waals surface area (Å²) in [5.74, 6) is 0.797. The van der Waals surface area contributed by atoms with E-state index >= 15 is 0 Å². The molecule has 0 spiro atoms. The van der Waals surface area contributed by atoms with Crippen molar-refractivity contribution in [2.45, 2.75) is 32.3 Å². The van der Waals surface area contributed by atoms with Crippen molar-refractivity contribution in [3.63, 3.8) is 0 Å². The maximum Gasteiger partial charge on any atom is 0.133 e. The van der Waals surface area contributed by atoms with Crippen LogP contribution in [-0.2, 0) is 5.41 Å². The van der Waals surface area contributed by atoms with Crippen LogP contribution in [0.1, 0.15) is 38.0 Å². The molecule has 0 aliphatic rings. The topological polar surface area (TPSA) is 29.5 Å². The standard InChI is InChI=1S/C18H21BrO2/c1-4-21-16-11-10-13(12-15(16)19)17(20)18(2,3)14-8-6-5-7-9-14/h5-12,17,20H,4H2,1-3H3. The van der Waals surface area contributed by atoms with Crippen LogP contribution in [-0.4, -0.2) is 11.7 Å². The Morgan fingerprint density at radius 1 is 1.14 bits per heavy atom. The molecule has 2 aromatic carbocycles. The van der Waals surface area contributed by atoms with Crippen molar-refractivity contribution in [2.75, 3.05) is 6.61 Å². The maximum absolute atomic E-state index is 10.8. The van der Waals surface area contributed by atoms with Crippen molar-refractivity contribution in [3.05, 3.63) is 64.1 Å². The summed E-state index contributed by atoms with van der Waals surface area (Å²) < 4.78 is 6.38. The largest absolute Gasteiger partial charge is 0.493 e. The van der Waals surface area contributed by atoms with Gasteiger partial charge in [-0.25, -0.2) is 0 Å². The van der Waals surface area contributed by atoms with Gasteiger partial charge in [-0.15, -0.1) is 0 Å². The molecule has 1 unspecified atom stereocenters. The highest BCUT2D eigenvalue weighted by molar-refractivity contribution is 9.10. The van der Waals surface area contributed by atoms with E-state index in [-0.39, 0.29) is 5.41 Å². The fourth-order valence-corrected chi connectivity index (χ4v) is 2.91. The zero-order valence-electron chi connectivity index (χ0n) is 12.6.